The molecular weight excluding hydrogens is 404 g/mol. The third kappa shape index (κ3) is 2.92. The standard InChI is InChI=1S/C20H18N6O3S/c1-27-15-8-12(9-16(28-2)18(15)29-3)19-24-26-17(22-23-20(26)30-19)10-25-11-21-13-6-4-5-7-14(13)25/h4-9,11H,10H2,1-3H3. The van der Waals surface area contributed by atoms with Crippen LogP contribution in [0.15, 0.2) is 42.7 Å². The summed E-state index contributed by atoms with van der Waals surface area (Å²) in [6, 6.07) is 11.7. The average Bonchev–Trinajstić information content (AvgIpc) is 3.48. The van der Waals surface area contributed by atoms with E-state index in [2.05, 4.69) is 15.2 Å². The zero-order chi connectivity index (χ0) is 20.7. The third-order valence-electron chi connectivity index (χ3n) is 4.81. The van der Waals surface area contributed by atoms with Crippen LogP contribution in [-0.4, -0.2) is 50.7 Å². The van der Waals surface area contributed by atoms with Gasteiger partial charge in [-0.3, -0.25) is 0 Å². The van der Waals surface area contributed by atoms with Crippen LogP contribution in [0.2, 0.25) is 0 Å². The second-order valence-corrected chi connectivity index (χ2v) is 7.45. The molecule has 10 heteroatoms. The highest BCUT2D eigenvalue weighted by Crippen LogP contribution is 2.41. The summed E-state index contributed by atoms with van der Waals surface area (Å²) in [6.07, 6.45) is 1.80. The maximum atomic E-state index is 5.46. The van der Waals surface area contributed by atoms with Gasteiger partial charge in [-0.2, -0.15) is 9.61 Å². The zero-order valence-electron chi connectivity index (χ0n) is 16.6. The van der Waals surface area contributed by atoms with E-state index in [0.717, 1.165) is 27.4 Å². The van der Waals surface area contributed by atoms with E-state index in [-0.39, 0.29) is 0 Å². The van der Waals surface area contributed by atoms with Gasteiger partial charge in [0.25, 0.3) is 0 Å². The van der Waals surface area contributed by atoms with Crippen LogP contribution in [0.1, 0.15) is 5.82 Å². The number of para-hydroxylation sites is 2. The Hall–Kier alpha value is -3.66. The number of hydrogen-bond acceptors (Lipinski definition) is 8. The molecule has 3 heterocycles. The molecule has 30 heavy (non-hydrogen) atoms. The van der Waals surface area contributed by atoms with Gasteiger partial charge in [-0.15, -0.1) is 10.2 Å². The smallest absolute Gasteiger partial charge is 0.235 e. The van der Waals surface area contributed by atoms with E-state index in [1.807, 2.05) is 41.0 Å². The molecule has 0 radical (unpaired) electrons. The summed E-state index contributed by atoms with van der Waals surface area (Å²) < 4.78 is 20.1. The monoisotopic (exact) mass is 422 g/mol. The lowest BCUT2D eigenvalue weighted by Crippen LogP contribution is -2.04. The Morgan fingerprint density at radius 2 is 1.73 bits per heavy atom. The number of imidazole rings is 1. The number of ether oxygens (including phenoxy) is 3. The van der Waals surface area contributed by atoms with E-state index < -0.39 is 0 Å². The molecular formula is C20H18N6O3S. The minimum atomic E-state index is 0.514. The molecule has 9 nitrogen and oxygen atoms in total. The molecule has 0 spiro atoms. The van der Waals surface area contributed by atoms with Gasteiger partial charge in [0.1, 0.15) is 5.01 Å². The molecule has 0 amide bonds. The molecule has 5 aromatic rings. The summed E-state index contributed by atoms with van der Waals surface area (Å²) in [5, 5.41) is 14.1. The molecule has 0 saturated carbocycles. The number of hydrogen-bond donors (Lipinski definition) is 0. The van der Waals surface area contributed by atoms with Crippen molar-refractivity contribution in [1.82, 2.24) is 29.4 Å². The quantitative estimate of drug-likeness (QED) is 0.415. The second kappa shape index (κ2) is 7.30. The predicted octanol–water partition coefficient (Wildman–Crippen LogP) is 3.28. The van der Waals surface area contributed by atoms with Crippen molar-refractivity contribution in [1.29, 1.82) is 0 Å². The molecule has 0 saturated heterocycles. The van der Waals surface area contributed by atoms with E-state index in [1.54, 1.807) is 32.2 Å². The van der Waals surface area contributed by atoms with Gasteiger partial charge in [-0.1, -0.05) is 23.5 Å². The van der Waals surface area contributed by atoms with Crippen molar-refractivity contribution in [3.05, 3.63) is 48.5 Å². The van der Waals surface area contributed by atoms with Gasteiger partial charge in [0.2, 0.25) is 10.7 Å². The molecule has 0 aliphatic heterocycles. The van der Waals surface area contributed by atoms with Gasteiger partial charge in [0.15, 0.2) is 17.3 Å². The summed E-state index contributed by atoms with van der Waals surface area (Å²) >= 11 is 1.44. The van der Waals surface area contributed by atoms with Crippen molar-refractivity contribution in [2.24, 2.45) is 0 Å². The van der Waals surface area contributed by atoms with Crippen LogP contribution in [0.3, 0.4) is 0 Å². The fourth-order valence-corrected chi connectivity index (χ4v) is 4.21. The minimum absolute atomic E-state index is 0.514. The van der Waals surface area contributed by atoms with Crippen LogP contribution in [0.5, 0.6) is 17.2 Å². The van der Waals surface area contributed by atoms with Crippen LogP contribution >= 0.6 is 11.3 Å². The van der Waals surface area contributed by atoms with Crippen molar-refractivity contribution in [2.75, 3.05) is 21.3 Å². The van der Waals surface area contributed by atoms with Crippen molar-refractivity contribution in [2.45, 2.75) is 6.54 Å². The highest BCUT2D eigenvalue weighted by molar-refractivity contribution is 7.19. The van der Waals surface area contributed by atoms with Gasteiger partial charge < -0.3 is 18.8 Å². The Bertz CT molecular complexity index is 1330. The molecule has 152 valence electrons. The zero-order valence-corrected chi connectivity index (χ0v) is 17.4. The Labute approximate surface area is 175 Å². The predicted molar refractivity (Wildman–Crippen MR) is 113 cm³/mol. The second-order valence-electron chi connectivity index (χ2n) is 6.49. The molecule has 2 aromatic carbocycles. The van der Waals surface area contributed by atoms with Crippen molar-refractivity contribution in [3.8, 4) is 27.8 Å². The van der Waals surface area contributed by atoms with Gasteiger partial charge >= 0.3 is 0 Å². The third-order valence-corrected chi connectivity index (χ3v) is 5.75. The van der Waals surface area contributed by atoms with E-state index >= 15 is 0 Å². The highest BCUT2D eigenvalue weighted by atomic mass is 32.1. The van der Waals surface area contributed by atoms with E-state index in [0.29, 0.717) is 28.8 Å². The molecule has 0 aliphatic carbocycles. The maximum absolute atomic E-state index is 5.46. The first-order valence-corrected chi connectivity index (χ1v) is 9.95. The lowest BCUT2D eigenvalue weighted by atomic mass is 10.2. The normalized spacial score (nSPS) is 11.3. The number of rotatable bonds is 6. The van der Waals surface area contributed by atoms with Crippen LogP contribution in [-0.2, 0) is 6.54 Å². The van der Waals surface area contributed by atoms with Gasteiger partial charge in [-0.05, 0) is 24.3 Å². The molecule has 0 bridgehead atoms. The first kappa shape index (κ1) is 18.4. The topological polar surface area (TPSA) is 88.6 Å². The van der Waals surface area contributed by atoms with Crippen molar-refractivity contribution >= 4 is 27.3 Å². The number of benzene rings is 2. The van der Waals surface area contributed by atoms with Crippen LogP contribution < -0.4 is 14.2 Å². The van der Waals surface area contributed by atoms with Crippen molar-refractivity contribution < 1.29 is 14.2 Å². The van der Waals surface area contributed by atoms with Crippen LogP contribution in [0, 0.1) is 0 Å². The van der Waals surface area contributed by atoms with E-state index in [9.17, 15) is 0 Å². The summed E-state index contributed by atoms with van der Waals surface area (Å²) in [5.74, 6) is 2.41. The highest BCUT2D eigenvalue weighted by Gasteiger charge is 2.19. The number of methoxy groups -OCH3 is 3. The lowest BCUT2D eigenvalue weighted by molar-refractivity contribution is 0.324. The molecule has 5 rings (SSSR count). The number of fused-ring (bicyclic) bond motifs is 2. The van der Waals surface area contributed by atoms with Gasteiger partial charge in [0.05, 0.1) is 45.2 Å². The van der Waals surface area contributed by atoms with Crippen LogP contribution in [0.25, 0.3) is 26.6 Å². The largest absolute Gasteiger partial charge is 0.493 e. The van der Waals surface area contributed by atoms with Gasteiger partial charge in [-0.25, -0.2) is 4.98 Å². The van der Waals surface area contributed by atoms with Crippen molar-refractivity contribution in [3.63, 3.8) is 0 Å². The SMILES string of the molecule is COc1cc(-c2nn3c(Cn4cnc5ccccc54)nnc3s2)cc(OC)c1OC. The maximum Gasteiger partial charge on any atom is 0.235 e. The molecule has 0 N–H and O–H groups in total. The van der Waals surface area contributed by atoms with Gasteiger partial charge in [0, 0.05) is 5.56 Å². The fraction of sp³-hybridized carbons (Fsp3) is 0.200. The van der Waals surface area contributed by atoms with E-state index in [4.69, 9.17) is 19.3 Å². The number of aromatic nitrogens is 6. The average molecular weight is 422 g/mol. The lowest BCUT2D eigenvalue weighted by Gasteiger charge is -2.13. The van der Waals surface area contributed by atoms with E-state index in [1.165, 1.54) is 11.3 Å². The Morgan fingerprint density at radius 1 is 0.967 bits per heavy atom. The summed E-state index contributed by atoms with van der Waals surface area (Å²) in [5.41, 5.74) is 2.82. The van der Waals surface area contributed by atoms with Crippen LogP contribution in [0.4, 0.5) is 0 Å². The molecule has 3 aromatic heterocycles. The Balaban J connectivity index is 1.55. The Morgan fingerprint density at radius 3 is 2.47 bits per heavy atom. The molecule has 0 unspecified atom stereocenters. The fourth-order valence-electron chi connectivity index (χ4n) is 3.37. The molecule has 0 aliphatic rings. The summed E-state index contributed by atoms with van der Waals surface area (Å²) in [4.78, 5) is 5.14. The summed E-state index contributed by atoms with van der Waals surface area (Å²) in [7, 11) is 4.76. The first-order valence-electron chi connectivity index (χ1n) is 9.13. The molecule has 0 fully saturated rings. The molecule has 0 atom stereocenters. The Kier molecular flexibility index (Phi) is 4.47. The summed E-state index contributed by atoms with van der Waals surface area (Å²) in [6.45, 7) is 0.514. The first-order chi connectivity index (χ1) is 14.7. The number of nitrogens with zero attached hydrogens (tertiary/aromatic N) is 6. The minimum Gasteiger partial charge on any atom is -0.493 e.